The van der Waals surface area contributed by atoms with Crippen molar-refractivity contribution in [2.24, 2.45) is 5.92 Å². The summed E-state index contributed by atoms with van der Waals surface area (Å²) < 4.78 is 4.69. The van der Waals surface area contributed by atoms with Gasteiger partial charge in [0.25, 0.3) is 0 Å². The van der Waals surface area contributed by atoms with E-state index in [1.807, 2.05) is 6.92 Å². The van der Waals surface area contributed by atoms with E-state index in [-0.39, 0.29) is 18.5 Å². The van der Waals surface area contributed by atoms with E-state index in [4.69, 9.17) is 5.11 Å². The van der Waals surface area contributed by atoms with E-state index >= 15 is 0 Å². The molecule has 0 bridgehead atoms. The Bertz CT molecular complexity index is 97.0. The Morgan fingerprint density at radius 1 is 1.70 bits per heavy atom. The van der Waals surface area contributed by atoms with Gasteiger partial charge in [-0.1, -0.05) is 6.92 Å². The molecule has 1 N–H and O–H groups in total. The average Bonchev–Trinajstić information content (AvgIpc) is 1.90. The van der Waals surface area contributed by atoms with Gasteiger partial charge in [-0.05, 0) is 6.42 Å². The molecule has 0 amide bonds. The second kappa shape index (κ2) is 5.23. The molecule has 0 aliphatic rings. The molecule has 0 spiro atoms. The quantitative estimate of drug-likeness (QED) is 0.590. The lowest BCUT2D eigenvalue weighted by atomic mass is 10.1. The van der Waals surface area contributed by atoms with Gasteiger partial charge >= 0.3 is 5.97 Å². The van der Waals surface area contributed by atoms with Crippen LogP contribution in [0.25, 0.3) is 0 Å². The molecule has 1 atom stereocenters. The highest BCUT2D eigenvalue weighted by Crippen LogP contribution is 2.00. The van der Waals surface area contributed by atoms with Crippen LogP contribution >= 0.6 is 0 Å². The number of aliphatic hydroxyl groups excluding tert-OH is 1. The first kappa shape index (κ1) is 9.43. The van der Waals surface area contributed by atoms with Gasteiger partial charge in [-0.15, -0.1) is 0 Å². The topological polar surface area (TPSA) is 46.5 Å². The zero-order chi connectivity index (χ0) is 7.98. The molecular weight excluding hydrogens is 132 g/mol. The highest BCUT2D eigenvalue weighted by molar-refractivity contribution is 5.65. The fourth-order valence-corrected chi connectivity index (χ4v) is 0.535. The van der Waals surface area contributed by atoms with E-state index < -0.39 is 0 Å². The minimum absolute atomic E-state index is 0.0871. The lowest BCUT2D eigenvalue weighted by Gasteiger charge is -2.09. The minimum atomic E-state index is -0.285. The Morgan fingerprint density at radius 2 is 2.30 bits per heavy atom. The summed E-state index contributed by atoms with van der Waals surface area (Å²) in [6, 6.07) is 0. The number of hydrogen-bond acceptors (Lipinski definition) is 3. The van der Waals surface area contributed by atoms with Gasteiger partial charge in [0.2, 0.25) is 0 Å². The number of ether oxygens (including phenoxy) is 1. The second-order valence-corrected chi connectivity index (χ2v) is 2.26. The maximum absolute atomic E-state index is 10.3. The lowest BCUT2D eigenvalue weighted by molar-refractivity contribution is -0.142. The standard InChI is InChI=1S/C7H14O3/c1-3-7(4-8)5-10-6(2)9/h7-8H,3-5H2,1-2H3. The fraction of sp³-hybridized carbons (Fsp3) is 0.857. The van der Waals surface area contributed by atoms with Crippen LogP contribution in [0.3, 0.4) is 0 Å². The summed E-state index contributed by atoms with van der Waals surface area (Å²) in [4.78, 5) is 10.3. The first-order valence-corrected chi connectivity index (χ1v) is 3.45. The summed E-state index contributed by atoms with van der Waals surface area (Å²) >= 11 is 0. The summed E-state index contributed by atoms with van der Waals surface area (Å²) in [7, 11) is 0. The van der Waals surface area contributed by atoms with E-state index in [1.165, 1.54) is 6.92 Å². The zero-order valence-electron chi connectivity index (χ0n) is 6.46. The molecule has 0 rings (SSSR count). The Morgan fingerprint density at radius 3 is 2.60 bits per heavy atom. The first-order valence-electron chi connectivity index (χ1n) is 3.45. The molecule has 1 unspecified atom stereocenters. The molecule has 3 nitrogen and oxygen atoms in total. The monoisotopic (exact) mass is 146 g/mol. The van der Waals surface area contributed by atoms with Crippen molar-refractivity contribution in [3.8, 4) is 0 Å². The molecule has 0 aliphatic carbocycles. The third-order valence-electron chi connectivity index (χ3n) is 1.36. The minimum Gasteiger partial charge on any atom is -0.465 e. The van der Waals surface area contributed by atoms with Crippen molar-refractivity contribution in [1.29, 1.82) is 0 Å². The number of carbonyl (C=O) groups is 1. The molecule has 3 heteroatoms. The van der Waals surface area contributed by atoms with Crippen LogP contribution in [0.5, 0.6) is 0 Å². The van der Waals surface area contributed by atoms with Gasteiger partial charge in [0.15, 0.2) is 0 Å². The van der Waals surface area contributed by atoms with Crippen LogP contribution in [0.15, 0.2) is 0 Å². The molecule has 10 heavy (non-hydrogen) atoms. The van der Waals surface area contributed by atoms with Crippen molar-refractivity contribution in [2.75, 3.05) is 13.2 Å². The second-order valence-electron chi connectivity index (χ2n) is 2.26. The molecule has 0 aromatic carbocycles. The molecule has 0 aromatic heterocycles. The Labute approximate surface area is 61.0 Å². The fourth-order valence-electron chi connectivity index (χ4n) is 0.535. The number of carbonyl (C=O) groups excluding carboxylic acids is 1. The van der Waals surface area contributed by atoms with E-state index in [1.54, 1.807) is 0 Å². The van der Waals surface area contributed by atoms with E-state index in [2.05, 4.69) is 4.74 Å². The molecule has 0 saturated carbocycles. The number of hydrogen-bond donors (Lipinski definition) is 1. The van der Waals surface area contributed by atoms with Crippen LogP contribution in [0.4, 0.5) is 0 Å². The lowest BCUT2D eigenvalue weighted by Crippen LogP contribution is -2.14. The van der Waals surface area contributed by atoms with Crippen LogP contribution in [0.1, 0.15) is 20.3 Å². The predicted molar refractivity (Wildman–Crippen MR) is 37.5 cm³/mol. The van der Waals surface area contributed by atoms with Crippen LogP contribution < -0.4 is 0 Å². The Kier molecular flexibility index (Phi) is 4.94. The first-order chi connectivity index (χ1) is 4.70. The van der Waals surface area contributed by atoms with Crippen molar-refractivity contribution >= 4 is 5.97 Å². The van der Waals surface area contributed by atoms with Gasteiger partial charge in [0.1, 0.15) is 0 Å². The Hall–Kier alpha value is -0.570. The zero-order valence-corrected chi connectivity index (χ0v) is 6.46. The van der Waals surface area contributed by atoms with Crippen molar-refractivity contribution in [3.63, 3.8) is 0 Å². The number of aliphatic hydroxyl groups is 1. The van der Waals surface area contributed by atoms with Gasteiger partial charge in [-0.2, -0.15) is 0 Å². The molecule has 0 heterocycles. The smallest absolute Gasteiger partial charge is 0.302 e. The van der Waals surface area contributed by atoms with Gasteiger partial charge < -0.3 is 9.84 Å². The highest BCUT2D eigenvalue weighted by Gasteiger charge is 2.05. The molecule has 0 saturated heterocycles. The van der Waals surface area contributed by atoms with Crippen molar-refractivity contribution in [1.82, 2.24) is 0 Å². The normalized spacial score (nSPS) is 12.7. The van der Waals surface area contributed by atoms with Crippen molar-refractivity contribution in [3.05, 3.63) is 0 Å². The number of rotatable bonds is 4. The summed E-state index contributed by atoms with van der Waals surface area (Å²) in [6.45, 7) is 3.74. The Balaban J connectivity index is 3.34. The average molecular weight is 146 g/mol. The molecule has 60 valence electrons. The van der Waals surface area contributed by atoms with Crippen LogP contribution in [0, 0.1) is 5.92 Å². The maximum Gasteiger partial charge on any atom is 0.302 e. The molecule has 0 aromatic rings. The summed E-state index contributed by atoms with van der Waals surface area (Å²) in [5.74, 6) is -0.184. The van der Waals surface area contributed by atoms with Crippen molar-refractivity contribution in [2.45, 2.75) is 20.3 Å². The van der Waals surface area contributed by atoms with E-state index in [0.29, 0.717) is 6.61 Å². The van der Waals surface area contributed by atoms with Crippen LogP contribution in [-0.4, -0.2) is 24.3 Å². The van der Waals surface area contributed by atoms with Gasteiger partial charge in [0.05, 0.1) is 6.61 Å². The van der Waals surface area contributed by atoms with E-state index in [9.17, 15) is 4.79 Å². The maximum atomic E-state index is 10.3. The van der Waals surface area contributed by atoms with E-state index in [0.717, 1.165) is 6.42 Å². The van der Waals surface area contributed by atoms with Gasteiger partial charge in [-0.3, -0.25) is 4.79 Å². The molecule has 0 radical (unpaired) electrons. The van der Waals surface area contributed by atoms with Crippen LogP contribution in [0.2, 0.25) is 0 Å². The van der Waals surface area contributed by atoms with Crippen molar-refractivity contribution < 1.29 is 14.6 Å². The molecule has 0 aliphatic heterocycles. The third kappa shape index (κ3) is 4.32. The molecular formula is C7H14O3. The predicted octanol–water partition coefficient (Wildman–Crippen LogP) is 0.568. The largest absolute Gasteiger partial charge is 0.465 e. The van der Waals surface area contributed by atoms with Crippen LogP contribution in [-0.2, 0) is 9.53 Å². The van der Waals surface area contributed by atoms with Gasteiger partial charge in [0, 0.05) is 19.4 Å². The summed E-state index contributed by atoms with van der Waals surface area (Å²) in [6.07, 6.45) is 0.837. The summed E-state index contributed by atoms with van der Waals surface area (Å²) in [5, 5.41) is 8.65. The SMILES string of the molecule is CCC(CO)COC(C)=O. The third-order valence-corrected chi connectivity index (χ3v) is 1.36. The molecule has 0 fully saturated rings. The van der Waals surface area contributed by atoms with Gasteiger partial charge in [-0.25, -0.2) is 0 Å². The number of esters is 1. The summed E-state index contributed by atoms with van der Waals surface area (Å²) in [5.41, 5.74) is 0. The highest BCUT2D eigenvalue weighted by atomic mass is 16.5.